The summed E-state index contributed by atoms with van der Waals surface area (Å²) in [5.41, 5.74) is 0. The molecule has 0 saturated heterocycles. The first-order valence-electron chi connectivity index (χ1n) is 10.5. The summed E-state index contributed by atoms with van der Waals surface area (Å²) in [5, 5.41) is 0. The summed E-state index contributed by atoms with van der Waals surface area (Å²) >= 11 is 0. The maximum absolute atomic E-state index is 10.3. The molecule has 1 unspecified atom stereocenters. The summed E-state index contributed by atoms with van der Waals surface area (Å²) in [7, 11) is -2.39. The van der Waals surface area contributed by atoms with E-state index < -0.39 is 8.25 Å². The van der Waals surface area contributed by atoms with Gasteiger partial charge in [0.1, 0.15) is 6.61 Å². The second-order valence-corrected chi connectivity index (χ2v) is 7.40. The van der Waals surface area contributed by atoms with Crippen molar-refractivity contribution in [3.05, 3.63) is 0 Å². The van der Waals surface area contributed by atoms with Crippen LogP contribution in [0.15, 0.2) is 0 Å². The van der Waals surface area contributed by atoms with E-state index in [4.69, 9.17) is 4.89 Å². The third-order valence-electron chi connectivity index (χ3n) is 4.20. The van der Waals surface area contributed by atoms with Crippen molar-refractivity contribution in [2.45, 2.75) is 124 Å². The minimum absolute atomic E-state index is 0.420. The molecule has 0 aliphatic heterocycles. The Hall–Kier alpha value is 0.0200. The minimum Gasteiger partial charge on any atom is -0.133 e. The van der Waals surface area contributed by atoms with Crippen molar-refractivity contribution in [3.63, 3.8) is 0 Å². The van der Waals surface area contributed by atoms with Gasteiger partial charge in [0.2, 0.25) is 0 Å². The number of rotatable bonds is 17. The highest BCUT2D eigenvalue weighted by molar-refractivity contribution is 7.32. The van der Waals surface area contributed by atoms with Gasteiger partial charge in [0.15, 0.2) is 0 Å². The normalized spacial score (nSPS) is 11.1. The molecule has 1 N–H and O–H groups in total. The molecule has 0 saturated carbocycles. The van der Waals surface area contributed by atoms with Crippen LogP contribution in [0, 0.1) is 0 Å². The lowest BCUT2D eigenvalue weighted by Crippen LogP contribution is -1.87. The molecule has 0 radical (unpaired) electrons. The quantitative estimate of drug-likeness (QED) is 0.211. The van der Waals surface area contributed by atoms with Crippen LogP contribution < -0.4 is 0 Å². The standard InChI is InChI=1S/C16H33O3P.C4H10/c1-2-3-4-5-6-7-8-9-10-11-12-13-14-15-16-19-20(17)18;1-3-4-2/h2-16H2,1H3;3-4H2,1-2H3/p+1. The van der Waals surface area contributed by atoms with Gasteiger partial charge < -0.3 is 0 Å². The summed E-state index contributed by atoms with van der Waals surface area (Å²) < 4.78 is 14.9. The van der Waals surface area contributed by atoms with Crippen molar-refractivity contribution in [1.29, 1.82) is 0 Å². The molecule has 0 heterocycles. The highest BCUT2D eigenvalue weighted by Crippen LogP contribution is 2.16. The molecular weight excluding hydrogens is 319 g/mol. The Morgan fingerprint density at radius 3 is 1.21 bits per heavy atom. The minimum atomic E-state index is -2.39. The summed E-state index contributed by atoms with van der Waals surface area (Å²) in [6.07, 6.45) is 21.1. The first-order valence-corrected chi connectivity index (χ1v) is 11.6. The summed E-state index contributed by atoms with van der Waals surface area (Å²) in [5.74, 6) is 0. The van der Waals surface area contributed by atoms with Gasteiger partial charge in [0, 0.05) is 4.57 Å². The molecular formula is C20H44O3P+. The lowest BCUT2D eigenvalue weighted by atomic mass is 10.0. The molecule has 1 atom stereocenters. The number of unbranched alkanes of at least 4 members (excludes halogenated alkanes) is 14. The molecule has 0 spiro atoms. The van der Waals surface area contributed by atoms with E-state index in [-0.39, 0.29) is 0 Å². The Balaban J connectivity index is 0. The Bertz CT molecular complexity index is 233. The third-order valence-corrected chi connectivity index (χ3v) is 4.60. The fourth-order valence-electron chi connectivity index (χ4n) is 2.44. The van der Waals surface area contributed by atoms with Crippen molar-refractivity contribution in [1.82, 2.24) is 0 Å². The third kappa shape index (κ3) is 30.0. The monoisotopic (exact) mass is 363 g/mol. The van der Waals surface area contributed by atoms with Gasteiger partial charge in [-0.1, -0.05) is 117 Å². The van der Waals surface area contributed by atoms with Crippen LogP contribution >= 0.6 is 8.25 Å². The Morgan fingerprint density at radius 1 is 0.583 bits per heavy atom. The Kier molecular flexibility index (Phi) is 27.6. The van der Waals surface area contributed by atoms with Gasteiger partial charge in [0.05, 0.1) is 0 Å². The first-order chi connectivity index (χ1) is 11.7. The van der Waals surface area contributed by atoms with Gasteiger partial charge in [0.25, 0.3) is 0 Å². The molecule has 0 aromatic carbocycles. The van der Waals surface area contributed by atoms with E-state index in [2.05, 4.69) is 25.3 Å². The summed E-state index contributed by atoms with van der Waals surface area (Å²) in [6.45, 7) is 7.05. The predicted octanol–water partition coefficient (Wildman–Crippen LogP) is 7.94. The van der Waals surface area contributed by atoms with Gasteiger partial charge in [-0.2, -0.15) is 0 Å². The fourth-order valence-corrected chi connectivity index (χ4v) is 2.72. The van der Waals surface area contributed by atoms with E-state index in [1.165, 1.54) is 89.9 Å². The lowest BCUT2D eigenvalue weighted by molar-refractivity contribution is 0.273. The highest BCUT2D eigenvalue weighted by atomic mass is 31.1. The van der Waals surface area contributed by atoms with Crippen LogP contribution in [0.3, 0.4) is 0 Å². The SMILES string of the molecule is CCCC.CCCCCCCCCCCCCCCCO[P+](=O)O. The molecule has 0 aromatic heterocycles. The maximum Gasteiger partial charge on any atom is 0.694 e. The van der Waals surface area contributed by atoms with Crippen LogP contribution in [0.1, 0.15) is 124 Å². The van der Waals surface area contributed by atoms with Crippen LogP contribution in [0.2, 0.25) is 0 Å². The van der Waals surface area contributed by atoms with Crippen molar-refractivity contribution >= 4 is 8.25 Å². The van der Waals surface area contributed by atoms with Crippen molar-refractivity contribution < 1.29 is 14.0 Å². The molecule has 0 aromatic rings. The molecule has 4 heteroatoms. The van der Waals surface area contributed by atoms with Crippen molar-refractivity contribution in [2.24, 2.45) is 0 Å². The smallest absolute Gasteiger partial charge is 0.133 e. The molecule has 24 heavy (non-hydrogen) atoms. The van der Waals surface area contributed by atoms with Crippen LogP contribution in [0.5, 0.6) is 0 Å². The van der Waals surface area contributed by atoms with Crippen LogP contribution in [-0.2, 0) is 9.09 Å². The molecule has 146 valence electrons. The topological polar surface area (TPSA) is 46.5 Å². The van der Waals surface area contributed by atoms with E-state index in [9.17, 15) is 4.57 Å². The van der Waals surface area contributed by atoms with E-state index in [0.29, 0.717) is 6.61 Å². The first kappa shape index (κ1) is 26.3. The largest absolute Gasteiger partial charge is 0.694 e. The zero-order valence-electron chi connectivity index (χ0n) is 16.7. The van der Waals surface area contributed by atoms with Crippen LogP contribution in [0.4, 0.5) is 0 Å². The summed E-state index contributed by atoms with van der Waals surface area (Å²) in [4.78, 5) is 8.44. The highest BCUT2D eigenvalue weighted by Gasteiger charge is 2.09. The molecule has 0 aliphatic carbocycles. The van der Waals surface area contributed by atoms with Gasteiger partial charge in [-0.25, -0.2) is 0 Å². The van der Waals surface area contributed by atoms with Crippen molar-refractivity contribution in [3.8, 4) is 0 Å². The molecule has 3 nitrogen and oxygen atoms in total. The van der Waals surface area contributed by atoms with Gasteiger partial charge in [-0.05, 0) is 6.42 Å². The molecule has 0 amide bonds. The predicted molar refractivity (Wildman–Crippen MR) is 107 cm³/mol. The zero-order chi connectivity index (χ0) is 18.3. The summed E-state index contributed by atoms with van der Waals surface area (Å²) in [6, 6.07) is 0. The van der Waals surface area contributed by atoms with Gasteiger partial charge in [-0.3, -0.25) is 0 Å². The lowest BCUT2D eigenvalue weighted by Gasteiger charge is -2.02. The van der Waals surface area contributed by atoms with Gasteiger partial charge in [-0.15, -0.1) is 9.42 Å². The van der Waals surface area contributed by atoms with Crippen molar-refractivity contribution in [2.75, 3.05) is 6.61 Å². The average molecular weight is 364 g/mol. The van der Waals surface area contributed by atoms with E-state index in [1.807, 2.05) is 0 Å². The number of hydrogen-bond acceptors (Lipinski definition) is 2. The molecule has 0 bridgehead atoms. The Morgan fingerprint density at radius 2 is 0.917 bits per heavy atom. The van der Waals surface area contributed by atoms with Crippen LogP contribution in [0.25, 0.3) is 0 Å². The molecule has 0 fully saturated rings. The van der Waals surface area contributed by atoms with E-state index in [1.54, 1.807) is 0 Å². The molecule has 0 aliphatic rings. The second-order valence-electron chi connectivity index (χ2n) is 6.67. The number of hydrogen-bond donors (Lipinski definition) is 1. The van der Waals surface area contributed by atoms with E-state index >= 15 is 0 Å². The fraction of sp³-hybridized carbons (Fsp3) is 1.00. The second kappa shape index (κ2) is 25.3. The van der Waals surface area contributed by atoms with Crippen LogP contribution in [-0.4, -0.2) is 11.5 Å². The maximum atomic E-state index is 10.3. The Labute approximate surface area is 152 Å². The zero-order valence-corrected chi connectivity index (χ0v) is 17.6. The van der Waals surface area contributed by atoms with E-state index in [0.717, 1.165) is 12.8 Å². The van der Waals surface area contributed by atoms with Gasteiger partial charge >= 0.3 is 8.25 Å². The average Bonchev–Trinajstić information content (AvgIpc) is 2.58. The molecule has 0 rings (SSSR count).